The molecule has 1 aromatic carbocycles. The Morgan fingerprint density at radius 1 is 1.40 bits per heavy atom. The lowest BCUT2D eigenvalue weighted by Gasteiger charge is -2.32. The number of carbonyl (C=O) groups is 1. The van der Waals surface area contributed by atoms with Crippen molar-refractivity contribution in [1.82, 2.24) is 4.90 Å². The normalized spacial score (nSPS) is 16.4. The summed E-state index contributed by atoms with van der Waals surface area (Å²) in [6, 6.07) is 7.10. The van der Waals surface area contributed by atoms with Gasteiger partial charge in [-0.05, 0) is 44.0 Å². The van der Waals surface area contributed by atoms with Crippen LogP contribution in [-0.4, -0.2) is 43.2 Å². The number of benzene rings is 1. The van der Waals surface area contributed by atoms with Crippen LogP contribution >= 0.6 is 11.6 Å². The van der Waals surface area contributed by atoms with Crippen molar-refractivity contribution in [2.45, 2.75) is 25.4 Å². The van der Waals surface area contributed by atoms with Gasteiger partial charge in [-0.2, -0.15) is 0 Å². The Bertz CT molecular complexity index is 445. The third-order valence-corrected chi connectivity index (χ3v) is 3.74. The Labute approximate surface area is 124 Å². The molecular weight excluding hydrogens is 276 g/mol. The smallest absolute Gasteiger partial charge is 0.253 e. The van der Waals surface area contributed by atoms with Gasteiger partial charge in [0.25, 0.3) is 5.91 Å². The summed E-state index contributed by atoms with van der Waals surface area (Å²) in [5.74, 6) is 0.0490. The van der Waals surface area contributed by atoms with E-state index in [9.17, 15) is 4.79 Å². The Hall–Kier alpha value is -1.10. The molecule has 110 valence electrons. The number of rotatable bonds is 5. The number of hydrogen-bond donors (Lipinski definition) is 1. The number of halogens is 1. The molecule has 2 N–H and O–H groups in total. The van der Waals surface area contributed by atoms with Crippen LogP contribution in [0.4, 0.5) is 0 Å². The fraction of sp³-hybridized carbons (Fsp3) is 0.533. The molecule has 0 aromatic heterocycles. The maximum Gasteiger partial charge on any atom is 0.253 e. The number of ether oxygens (including phenoxy) is 1. The van der Waals surface area contributed by atoms with Crippen LogP contribution in [-0.2, 0) is 4.74 Å². The number of hydrogen-bond acceptors (Lipinski definition) is 3. The molecule has 0 aliphatic carbocycles. The SMILES string of the molecule is NCCCOC1CCN(C(=O)c2cccc(Cl)c2)CC1. The summed E-state index contributed by atoms with van der Waals surface area (Å²) in [6.45, 7) is 2.84. The average molecular weight is 297 g/mol. The molecule has 1 aliphatic rings. The van der Waals surface area contributed by atoms with Gasteiger partial charge in [0, 0.05) is 30.3 Å². The number of amides is 1. The summed E-state index contributed by atoms with van der Waals surface area (Å²) in [5, 5.41) is 0.593. The minimum atomic E-state index is 0.0490. The Kier molecular flexibility index (Phi) is 5.83. The monoisotopic (exact) mass is 296 g/mol. The first-order valence-corrected chi connectivity index (χ1v) is 7.45. The molecule has 0 bridgehead atoms. The van der Waals surface area contributed by atoms with Gasteiger partial charge < -0.3 is 15.4 Å². The highest BCUT2D eigenvalue weighted by Gasteiger charge is 2.23. The molecule has 1 aromatic rings. The van der Waals surface area contributed by atoms with E-state index in [0.29, 0.717) is 23.7 Å². The molecule has 1 amide bonds. The Balaban J connectivity index is 1.83. The number of likely N-dealkylation sites (tertiary alicyclic amines) is 1. The van der Waals surface area contributed by atoms with Crippen molar-refractivity contribution < 1.29 is 9.53 Å². The molecule has 0 spiro atoms. The van der Waals surface area contributed by atoms with Crippen molar-refractivity contribution in [3.63, 3.8) is 0 Å². The zero-order valence-corrected chi connectivity index (χ0v) is 12.3. The van der Waals surface area contributed by atoms with E-state index < -0.39 is 0 Å². The van der Waals surface area contributed by atoms with Crippen LogP contribution in [0.15, 0.2) is 24.3 Å². The third-order valence-electron chi connectivity index (χ3n) is 3.50. The molecule has 0 saturated carbocycles. The lowest BCUT2D eigenvalue weighted by atomic mass is 10.1. The maximum absolute atomic E-state index is 12.3. The molecular formula is C15H21ClN2O2. The summed E-state index contributed by atoms with van der Waals surface area (Å²) in [4.78, 5) is 14.2. The van der Waals surface area contributed by atoms with E-state index in [1.54, 1.807) is 24.3 Å². The lowest BCUT2D eigenvalue weighted by molar-refractivity contribution is 0.00845. The molecule has 1 aliphatic heterocycles. The zero-order valence-electron chi connectivity index (χ0n) is 11.6. The summed E-state index contributed by atoms with van der Waals surface area (Å²) in [5.41, 5.74) is 6.09. The highest BCUT2D eigenvalue weighted by Crippen LogP contribution is 2.18. The van der Waals surface area contributed by atoms with Crippen LogP contribution in [0.2, 0.25) is 5.02 Å². The molecule has 2 rings (SSSR count). The molecule has 0 unspecified atom stereocenters. The van der Waals surface area contributed by atoms with Crippen LogP contribution < -0.4 is 5.73 Å². The van der Waals surface area contributed by atoms with E-state index in [4.69, 9.17) is 22.1 Å². The average Bonchev–Trinajstić information content (AvgIpc) is 2.47. The van der Waals surface area contributed by atoms with E-state index in [1.807, 2.05) is 4.90 Å². The van der Waals surface area contributed by atoms with E-state index in [2.05, 4.69) is 0 Å². The van der Waals surface area contributed by atoms with E-state index >= 15 is 0 Å². The molecule has 5 heteroatoms. The number of piperidine rings is 1. The van der Waals surface area contributed by atoms with Crippen LogP contribution in [0.25, 0.3) is 0 Å². The first-order chi connectivity index (χ1) is 9.70. The van der Waals surface area contributed by atoms with Gasteiger partial charge >= 0.3 is 0 Å². The second kappa shape index (κ2) is 7.62. The summed E-state index contributed by atoms with van der Waals surface area (Å²) in [6.07, 6.45) is 2.92. The van der Waals surface area contributed by atoms with Crippen molar-refractivity contribution in [2.24, 2.45) is 5.73 Å². The summed E-state index contributed by atoms with van der Waals surface area (Å²) < 4.78 is 5.74. The standard InChI is InChI=1S/C15H21ClN2O2/c16-13-4-1-3-12(11-13)15(19)18-8-5-14(6-9-18)20-10-2-7-17/h1,3-4,11,14H,2,5-10,17H2. The topological polar surface area (TPSA) is 55.6 Å². The minimum Gasteiger partial charge on any atom is -0.378 e. The fourth-order valence-electron chi connectivity index (χ4n) is 2.36. The second-order valence-electron chi connectivity index (χ2n) is 5.01. The zero-order chi connectivity index (χ0) is 14.4. The molecule has 20 heavy (non-hydrogen) atoms. The van der Waals surface area contributed by atoms with Gasteiger partial charge in [-0.3, -0.25) is 4.79 Å². The first-order valence-electron chi connectivity index (χ1n) is 7.07. The lowest BCUT2D eigenvalue weighted by Crippen LogP contribution is -2.41. The minimum absolute atomic E-state index is 0.0490. The quantitative estimate of drug-likeness (QED) is 0.848. The highest BCUT2D eigenvalue weighted by molar-refractivity contribution is 6.30. The first kappa shape index (κ1) is 15.3. The van der Waals surface area contributed by atoms with Crippen molar-refractivity contribution in [3.8, 4) is 0 Å². The molecule has 0 radical (unpaired) electrons. The Morgan fingerprint density at radius 3 is 2.80 bits per heavy atom. The predicted molar refractivity (Wildman–Crippen MR) is 80.0 cm³/mol. The summed E-state index contributed by atoms with van der Waals surface area (Å²) >= 11 is 5.92. The second-order valence-corrected chi connectivity index (χ2v) is 5.45. The van der Waals surface area contributed by atoms with Gasteiger partial charge in [0.05, 0.1) is 6.10 Å². The van der Waals surface area contributed by atoms with E-state index in [-0.39, 0.29) is 12.0 Å². The van der Waals surface area contributed by atoms with Gasteiger partial charge in [-0.1, -0.05) is 17.7 Å². The number of nitrogens with zero attached hydrogens (tertiary/aromatic N) is 1. The van der Waals surface area contributed by atoms with Crippen LogP contribution in [0.1, 0.15) is 29.6 Å². The summed E-state index contributed by atoms with van der Waals surface area (Å²) in [7, 11) is 0. The highest BCUT2D eigenvalue weighted by atomic mass is 35.5. The van der Waals surface area contributed by atoms with Crippen molar-refractivity contribution in [2.75, 3.05) is 26.2 Å². The van der Waals surface area contributed by atoms with E-state index in [1.165, 1.54) is 0 Å². The van der Waals surface area contributed by atoms with Crippen molar-refractivity contribution in [1.29, 1.82) is 0 Å². The predicted octanol–water partition coefficient (Wildman–Crippen LogP) is 2.31. The molecule has 0 atom stereocenters. The number of nitrogens with two attached hydrogens (primary N) is 1. The van der Waals surface area contributed by atoms with Crippen LogP contribution in [0.3, 0.4) is 0 Å². The molecule has 1 saturated heterocycles. The molecule has 4 nitrogen and oxygen atoms in total. The van der Waals surface area contributed by atoms with Crippen LogP contribution in [0.5, 0.6) is 0 Å². The maximum atomic E-state index is 12.3. The molecule has 1 fully saturated rings. The van der Waals surface area contributed by atoms with Crippen LogP contribution in [0, 0.1) is 0 Å². The third kappa shape index (κ3) is 4.20. The fourth-order valence-corrected chi connectivity index (χ4v) is 2.55. The van der Waals surface area contributed by atoms with Gasteiger partial charge in [0.1, 0.15) is 0 Å². The van der Waals surface area contributed by atoms with Gasteiger partial charge in [0.2, 0.25) is 0 Å². The largest absolute Gasteiger partial charge is 0.378 e. The van der Waals surface area contributed by atoms with Crippen molar-refractivity contribution >= 4 is 17.5 Å². The molecule has 1 heterocycles. The van der Waals surface area contributed by atoms with Gasteiger partial charge in [-0.15, -0.1) is 0 Å². The van der Waals surface area contributed by atoms with E-state index in [0.717, 1.165) is 32.4 Å². The van der Waals surface area contributed by atoms with Crippen molar-refractivity contribution in [3.05, 3.63) is 34.9 Å². The van der Waals surface area contributed by atoms with Gasteiger partial charge in [0.15, 0.2) is 0 Å². The number of carbonyl (C=O) groups excluding carboxylic acids is 1. The Morgan fingerprint density at radius 2 is 2.15 bits per heavy atom. The van der Waals surface area contributed by atoms with Gasteiger partial charge in [-0.25, -0.2) is 0 Å².